The number of hydrogen-bond donors (Lipinski definition) is 2. The van der Waals surface area contributed by atoms with E-state index in [0.29, 0.717) is 5.82 Å². The quantitative estimate of drug-likeness (QED) is 0.380. The van der Waals surface area contributed by atoms with Crippen molar-refractivity contribution in [3.05, 3.63) is 52.3 Å². The highest BCUT2D eigenvalue weighted by molar-refractivity contribution is 5.93. The van der Waals surface area contributed by atoms with Crippen molar-refractivity contribution in [2.24, 2.45) is 10.7 Å². The first-order valence-corrected chi connectivity index (χ1v) is 5.70. The van der Waals surface area contributed by atoms with E-state index in [9.17, 15) is 10.1 Å². The van der Waals surface area contributed by atoms with E-state index < -0.39 is 4.92 Å². The van der Waals surface area contributed by atoms with E-state index in [1.165, 1.54) is 18.3 Å². The number of aryl methyl sites for hydroxylation is 1. The van der Waals surface area contributed by atoms with E-state index in [2.05, 4.69) is 20.3 Å². The van der Waals surface area contributed by atoms with Gasteiger partial charge in [-0.1, -0.05) is 6.07 Å². The van der Waals surface area contributed by atoms with Gasteiger partial charge in [0, 0.05) is 18.0 Å². The van der Waals surface area contributed by atoms with Crippen molar-refractivity contribution in [2.75, 3.05) is 5.32 Å². The summed E-state index contributed by atoms with van der Waals surface area (Å²) in [6.45, 7) is 1.84. The third-order valence-electron chi connectivity index (χ3n) is 2.33. The van der Waals surface area contributed by atoms with Gasteiger partial charge in [-0.05, 0) is 25.1 Å². The Balaban J connectivity index is 2.25. The van der Waals surface area contributed by atoms with E-state index >= 15 is 0 Å². The number of guanidine groups is 1. The van der Waals surface area contributed by atoms with E-state index in [1.807, 2.05) is 13.0 Å². The second-order valence-corrected chi connectivity index (χ2v) is 3.89. The Kier molecular flexibility index (Phi) is 3.85. The van der Waals surface area contributed by atoms with Gasteiger partial charge < -0.3 is 11.1 Å². The van der Waals surface area contributed by atoms with Crippen LogP contribution in [0.3, 0.4) is 0 Å². The highest BCUT2D eigenvalue weighted by Gasteiger charge is 2.13. The second-order valence-electron chi connectivity index (χ2n) is 3.89. The first-order valence-electron chi connectivity index (χ1n) is 5.70. The van der Waals surface area contributed by atoms with Gasteiger partial charge >= 0.3 is 5.69 Å². The fourth-order valence-electron chi connectivity index (χ4n) is 1.50. The minimum atomic E-state index is -0.565. The van der Waals surface area contributed by atoms with Gasteiger partial charge in [0.1, 0.15) is 5.82 Å². The Morgan fingerprint density at radius 3 is 2.90 bits per heavy atom. The van der Waals surface area contributed by atoms with Crippen LogP contribution in [0.15, 0.2) is 41.5 Å². The molecular weight excluding hydrogens is 260 g/mol. The van der Waals surface area contributed by atoms with Crippen LogP contribution < -0.4 is 11.1 Å². The Hall–Kier alpha value is -3.03. The summed E-state index contributed by atoms with van der Waals surface area (Å²) in [5.41, 5.74) is 6.29. The number of nitrogens with zero attached hydrogens (tertiary/aromatic N) is 4. The monoisotopic (exact) mass is 272 g/mol. The molecular formula is C12H12N6O2. The molecule has 0 fully saturated rings. The molecule has 8 heteroatoms. The number of hydrogen-bond acceptors (Lipinski definition) is 5. The molecule has 0 aliphatic rings. The average molecular weight is 272 g/mol. The van der Waals surface area contributed by atoms with Crippen LogP contribution in [0.1, 0.15) is 5.69 Å². The van der Waals surface area contributed by atoms with Gasteiger partial charge in [0.25, 0.3) is 0 Å². The molecule has 0 amide bonds. The lowest BCUT2D eigenvalue weighted by molar-refractivity contribution is -0.384. The summed E-state index contributed by atoms with van der Waals surface area (Å²) >= 11 is 0. The van der Waals surface area contributed by atoms with E-state index in [-0.39, 0.29) is 17.5 Å². The molecule has 3 N–H and O–H groups in total. The lowest BCUT2D eigenvalue weighted by Crippen LogP contribution is -2.22. The number of nitrogens with two attached hydrogens (primary N) is 1. The predicted octanol–water partition coefficient (Wildman–Crippen LogP) is 1.75. The lowest BCUT2D eigenvalue weighted by Gasteiger charge is -2.04. The smallest absolute Gasteiger partial charge is 0.313 e. The normalized spacial score (nSPS) is 11.2. The molecule has 2 rings (SSSR count). The van der Waals surface area contributed by atoms with Crippen LogP contribution in [0.25, 0.3) is 0 Å². The molecule has 20 heavy (non-hydrogen) atoms. The average Bonchev–Trinajstić information content (AvgIpc) is 2.38. The molecule has 0 unspecified atom stereocenters. The molecule has 102 valence electrons. The SMILES string of the molecule is Cc1cccc(NC(N)=Nc2ncccc2[N+](=O)[O-])n1. The summed E-state index contributed by atoms with van der Waals surface area (Å²) in [5, 5.41) is 13.6. The number of pyridine rings is 2. The van der Waals surface area contributed by atoms with Crippen LogP contribution in [0.2, 0.25) is 0 Å². The van der Waals surface area contributed by atoms with Crippen LogP contribution in [-0.2, 0) is 0 Å². The molecule has 8 nitrogen and oxygen atoms in total. The van der Waals surface area contributed by atoms with Crippen LogP contribution in [-0.4, -0.2) is 20.9 Å². The number of aromatic nitrogens is 2. The number of nitro groups is 1. The van der Waals surface area contributed by atoms with Gasteiger partial charge in [-0.25, -0.2) is 9.97 Å². The van der Waals surface area contributed by atoms with E-state index in [4.69, 9.17) is 5.73 Å². The zero-order valence-electron chi connectivity index (χ0n) is 10.6. The topological polar surface area (TPSA) is 119 Å². The molecule has 0 aromatic carbocycles. The summed E-state index contributed by atoms with van der Waals surface area (Å²) in [5.74, 6) is 0.421. The lowest BCUT2D eigenvalue weighted by atomic mass is 10.4. The van der Waals surface area contributed by atoms with Gasteiger partial charge in [-0.15, -0.1) is 0 Å². The molecule has 0 radical (unpaired) electrons. The third kappa shape index (κ3) is 3.25. The first-order chi connectivity index (χ1) is 9.56. The molecule has 2 aromatic rings. The summed E-state index contributed by atoms with van der Waals surface area (Å²) in [6.07, 6.45) is 1.41. The van der Waals surface area contributed by atoms with Crippen LogP contribution in [0, 0.1) is 17.0 Å². The van der Waals surface area contributed by atoms with Crippen molar-refractivity contribution in [2.45, 2.75) is 6.92 Å². The molecule has 0 bridgehead atoms. The largest absolute Gasteiger partial charge is 0.369 e. The maximum atomic E-state index is 10.8. The second kappa shape index (κ2) is 5.74. The number of aliphatic imine (C=N–C) groups is 1. The summed E-state index contributed by atoms with van der Waals surface area (Å²) in [7, 11) is 0. The van der Waals surface area contributed by atoms with Crippen LogP contribution >= 0.6 is 0 Å². The Morgan fingerprint density at radius 2 is 2.20 bits per heavy atom. The molecule has 0 saturated carbocycles. The van der Waals surface area contributed by atoms with Crippen molar-refractivity contribution < 1.29 is 4.92 Å². The van der Waals surface area contributed by atoms with Gasteiger partial charge in [-0.3, -0.25) is 10.1 Å². The molecule has 0 atom stereocenters. The number of rotatable bonds is 3. The fraction of sp³-hybridized carbons (Fsp3) is 0.0833. The van der Waals surface area contributed by atoms with Gasteiger partial charge in [0.2, 0.25) is 11.8 Å². The molecule has 2 aromatic heterocycles. The van der Waals surface area contributed by atoms with Crippen molar-refractivity contribution in [3.63, 3.8) is 0 Å². The summed E-state index contributed by atoms with van der Waals surface area (Å²) in [4.78, 5) is 22.2. The zero-order chi connectivity index (χ0) is 14.5. The Bertz CT molecular complexity index is 671. The minimum Gasteiger partial charge on any atom is -0.369 e. The molecule has 0 aliphatic carbocycles. The maximum absolute atomic E-state index is 10.8. The standard InChI is InChI=1S/C12H12N6O2/c1-8-4-2-6-10(15-8)16-12(13)17-11-9(18(19)20)5-3-7-14-11/h2-7H,1H3,(H3,13,14,15,16,17). The van der Waals surface area contributed by atoms with Crippen molar-refractivity contribution in [3.8, 4) is 0 Å². The summed E-state index contributed by atoms with van der Waals surface area (Å²) < 4.78 is 0. The minimum absolute atomic E-state index is 0.0232. The van der Waals surface area contributed by atoms with Gasteiger partial charge in [0.05, 0.1) is 4.92 Å². The van der Waals surface area contributed by atoms with Crippen LogP contribution in [0.4, 0.5) is 17.3 Å². The maximum Gasteiger partial charge on any atom is 0.313 e. The Labute approximate surface area is 114 Å². The Morgan fingerprint density at radius 1 is 1.40 bits per heavy atom. The first kappa shape index (κ1) is 13.4. The third-order valence-corrected chi connectivity index (χ3v) is 2.33. The fourth-order valence-corrected chi connectivity index (χ4v) is 1.50. The molecule has 2 heterocycles. The van der Waals surface area contributed by atoms with Crippen molar-refractivity contribution in [1.82, 2.24) is 9.97 Å². The summed E-state index contributed by atoms with van der Waals surface area (Å²) in [6, 6.07) is 8.12. The van der Waals surface area contributed by atoms with E-state index in [1.54, 1.807) is 12.1 Å². The van der Waals surface area contributed by atoms with Crippen molar-refractivity contribution >= 4 is 23.3 Å². The van der Waals surface area contributed by atoms with Gasteiger partial charge in [0.15, 0.2) is 0 Å². The zero-order valence-corrected chi connectivity index (χ0v) is 10.6. The van der Waals surface area contributed by atoms with Gasteiger partial charge in [-0.2, -0.15) is 4.99 Å². The predicted molar refractivity (Wildman–Crippen MR) is 74.8 cm³/mol. The number of anilines is 1. The highest BCUT2D eigenvalue weighted by atomic mass is 16.6. The van der Waals surface area contributed by atoms with E-state index in [0.717, 1.165) is 5.69 Å². The van der Waals surface area contributed by atoms with Crippen molar-refractivity contribution in [1.29, 1.82) is 0 Å². The number of nitrogens with one attached hydrogen (secondary N) is 1. The van der Waals surface area contributed by atoms with Crippen LogP contribution in [0.5, 0.6) is 0 Å². The molecule has 0 aliphatic heterocycles. The highest BCUT2D eigenvalue weighted by Crippen LogP contribution is 2.23. The molecule has 0 spiro atoms. The molecule has 0 saturated heterocycles.